The molecule has 2 heterocycles. The molecule has 1 aromatic carbocycles. The first-order valence-corrected chi connectivity index (χ1v) is 6.18. The fraction of sp³-hybridized carbons (Fsp3) is 0.133. The van der Waals surface area contributed by atoms with E-state index in [1.54, 1.807) is 13.2 Å². The van der Waals surface area contributed by atoms with E-state index in [9.17, 15) is 4.79 Å². The third kappa shape index (κ3) is 1.93. The van der Waals surface area contributed by atoms with Crippen LogP contribution in [0.4, 0.5) is 0 Å². The summed E-state index contributed by atoms with van der Waals surface area (Å²) in [5, 5.41) is 8.28. The van der Waals surface area contributed by atoms with Crippen LogP contribution in [-0.4, -0.2) is 28.0 Å². The second kappa shape index (κ2) is 4.77. The van der Waals surface area contributed by atoms with Crippen LogP contribution >= 0.6 is 0 Å². The largest absolute Gasteiger partial charge is 0.497 e. The van der Waals surface area contributed by atoms with Crippen molar-refractivity contribution in [2.45, 2.75) is 6.92 Å². The van der Waals surface area contributed by atoms with Crippen LogP contribution in [0.1, 0.15) is 15.9 Å². The average molecular weight is 267 g/mol. The highest BCUT2D eigenvalue weighted by Crippen LogP contribution is 2.22. The molecular weight excluding hydrogens is 254 g/mol. The van der Waals surface area contributed by atoms with E-state index in [0.29, 0.717) is 17.0 Å². The van der Waals surface area contributed by atoms with Crippen LogP contribution in [0.25, 0.3) is 17.0 Å². The number of aryl methyl sites for hydroxylation is 1. The van der Waals surface area contributed by atoms with Gasteiger partial charge in [-0.25, -0.2) is 0 Å². The van der Waals surface area contributed by atoms with Gasteiger partial charge in [0, 0.05) is 11.8 Å². The summed E-state index contributed by atoms with van der Waals surface area (Å²) < 4.78 is 6.97. The lowest BCUT2D eigenvalue weighted by molar-refractivity contribution is 0.112. The topological polar surface area (TPSA) is 56.5 Å². The van der Waals surface area contributed by atoms with Crippen molar-refractivity contribution in [3.05, 3.63) is 47.7 Å². The Morgan fingerprint density at radius 3 is 2.60 bits per heavy atom. The molecule has 0 atom stereocenters. The minimum Gasteiger partial charge on any atom is -0.497 e. The molecule has 0 aliphatic heterocycles. The maximum absolute atomic E-state index is 11.1. The van der Waals surface area contributed by atoms with Crippen molar-refractivity contribution >= 4 is 11.9 Å². The number of methoxy groups -OCH3 is 1. The predicted octanol–water partition coefficient (Wildman–Crippen LogP) is 2.53. The Hall–Kier alpha value is -2.69. The van der Waals surface area contributed by atoms with Gasteiger partial charge in [-0.15, -0.1) is 10.2 Å². The van der Waals surface area contributed by atoms with Gasteiger partial charge in [0.15, 0.2) is 17.8 Å². The minimum atomic E-state index is 0.539. The second-order valence-electron chi connectivity index (χ2n) is 4.54. The fourth-order valence-electron chi connectivity index (χ4n) is 2.18. The van der Waals surface area contributed by atoms with E-state index < -0.39 is 0 Å². The van der Waals surface area contributed by atoms with Gasteiger partial charge in [-0.3, -0.25) is 9.20 Å². The Bertz CT molecular complexity index is 776. The molecule has 5 nitrogen and oxygen atoms in total. The Balaban J connectivity index is 2.20. The van der Waals surface area contributed by atoms with Crippen LogP contribution in [0.2, 0.25) is 0 Å². The van der Waals surface area contributed by atoms with Gasteiger partial charge in [-0.1, -0.05) is 0 Å². The zero-order valence-corrected chi connectivity index (χ0v) is 11.2. The van der Waals surface area contributed by atoms with E-state index in [1.807, 2.05) is 41.8 Å². The Labute approximate surface area is 115 Å². The maximum atomic E-state index is 11.1. The molecule has 3 rings (SSSR count). The predicted molar refractivity (Wildman–Crippen MR) is 75.1 cm³/mol. The van der Waals surface area contributed by atoms with E-state index in [-0.39, 0.29) is 0 Å². The Kier molecular flexibility index (Phi) is 2.95. The van der Waals surface area contributed by atoms with Gasteiger partial charge in [0.2, 0.25) is 0 Å². The summed E-state index contributed by atoms with van der Waals surface area (Å²) in [5.41, 5.74) is 3.00. The quantitative estimate of drug-likeness (QED) is 0.684. The van der Waals surface area contributed by atoms with Crippen molar-refractivity contribution in [3.8, 4) is 17.1 Å². The molecule has 0 spiro atoms. The highest BCUT2D eigenvalue weighted by molar-refractivity contribution is 5.85. The molecule has 5 heteroatoms. The average Bonchev–Trinajstić information content (AvgIpc) is 2.90. The van der Waals surface area contributed by atoms with E-state index in [1.165, 1.54) is 0 Å². The van der Waals surface area contributed by atoms with Crippen molar-refractivity contribution in [1.29, 1.82) is 0 Å². The smallest absolute Gasteiger partial charge is 0.171 e. The molecule has 3 aromatic rings. The number of fused-ring (bicyclic) bond motifs is 1. The lowest BCUT2D eigenvalue weighted by Gasteiger charge is -2.04. The van der Waals surface area contributed by atoms with Crippen LogP contribution in [0.5, 0.6) is 5.75 Å². The molecule has 0 saturated heterocycles. The highest BCUT2D eigenvalue weighted by atomic mass is 16.5. The summed E-state index contributed by atoms with van der Waals surface area (Å²) in [6, 6.07) is 9.37. The lowest BCUT2D eigenvalue weighted by Crippen LogP contribution is -1.95. The molecule has 0 unspecified atom stereocenters. The van der Waals surface area contributed by atoms with Gasteiger partial charge in [-0.2, -0.15) is 0 Å². The Morgan fingerprint density at radius 2 is 1.95 bits per heavy atom. The van der Waals surface area contributed by atoms with Gasteiger partial charge in [0.1, 0.15) is 5.75 Å². The number of benzene rings is 1. The van der Waals surface area contributed by atoms with Gasteiger partial charge in [-0.05, 0) is 42.8 Å². The van der Waals surface area contributed by atoms with Crippen LogP contribution in [0.3, 0.4) is 0 Å². The number of hydrogen-bond acceptors (Lipinski definition) is 4. The van der Waals surface area contributed by atoms with Crippen molar-refractivity contribution in [2.24, 2.45) is 0 Å². The molecule has 20 heavy (non-hydrogen) atoms. The van der Waals surface area contributed by atoms with E-state index in [0.717, 1.165) is 23.2 Å². The molecule has 0 aliphatic carbocycles. The normalized spacial score (nSPS) is 10.7. The summed E-state index contributed by atoms with van der Waals surface area (Å²) in [7, 11) is 1.63. The number of pyridine rings is 1. The summed E-state index contributed by atoms with van der Waals surface area (Å²) in [5.74, 6) is 1.49. The standard InChI is InChI=1S/C15H13N3O2/c1-10-7-12(9-19)15-17-16-14(18(15)8-10)11-3-5-13(20-2)6-4-11/h3-9H,1-2H3. The highest BCUT2D eigenvalue weighted by Gasteiger charge is 2.11. The number of aldehydes is 1. The molecule has 0 bridgehead atoms. The first-order chi connectivity index (χ1) is 9.72. The molecule has 0 saturated carbocycles. The number of carbonyl (C=O) groups is 1. The van der Waals surface area contributed by atoms with Crippen molar-refractivity contribution in [2.75, 3.05) is 7.11 Å². The Morgan fingerprint density at radius 1 is 1.20 bits per heavy atom. The number of carbonyl (C=O) groups excluding carboxylic acids is 1. The molecule has 0 radical (unpaired) electrons. The molecule has 0 fully saturated rings. The van der Waals surface area contributed by atoms with E-state index in [2.05, 4.69) is 10.2 Å². The molecule has 0 aliphatic rings. The van der Waals surface area contributed by atoms with E-state index >= 15 is 0 Å². The summed E-state index contributed by atoms with van der Waals surface area (Å²) in [6.45, 7) is 1.93. The number of rotatable bonds is 3. The SMILES string of the molecule is COc1ccc(-c2nnc3c(C=O)cc(C)cn23)cc1. The number of aromatic nitrogens is 3. The third-order valence-corrected chi connectivity index (χ3v) is 3.15. The summed E-state index contributed by atoms with van der Waals surface area (Å²) in [4.78, 5) is 11.1. The van der Waals surface area contributed by atoms with Gasteiger partial charge in [0.25, 0.3) is 0 Å². The van der Waals surface area contributed by atoms with Crippen LogP contribution < -0.4 is 4.74 Å². The monoisotopic (exact) mass is 267 g/mol. The summed E-state index contributed by atoms with van der Waals surface area (Å²) >= 11 is 0. The van der Waals surface area contributed by atoms with Crippen molar-refractivity contribution in [1.82, 2.24) is 14.6 Å². The minimum absolute atomic E-state index is 0.539. The second-order valence-corrected chi connectivity index (χ2v) is 4.54. The van der Waals surface area contributed by atoms with Gasteiger partial charge in [0.05, 0.1) is 12.7 Å². The first-order valence-electron chi connectivity index (χ1n) is 6.18. The van der Waals surface area contributed by atoms with Crippen molar-refractivity contribution < 1.29 is 9.53 Å². The third-order valence-electron chi connectivity index (χ3n) is 3.15. The van der Waals surface area contributed by atoms with Gasteiger partial charge < -0.3 is 4.74 Å². The molecule has 2 aromatic heterocycles. The molecular formula is C15H13N3O2. The van der Waals surface area contributed by atoms with Crippen molar-refractivity contribution in [3.63, 3.8) is 0 Å². The molecule has 0 amide bonds. The van der Waals surface area contributed by atoms with E-state index in [4.69, 9.17) is 4.74 Å². The zero-order valence-electron chi connectivity index (χ0n) is 11.2. The number of nitrogens with zero attached hydrogens (tertiary/aromatic N) is 3. The number of ether oxygens (including phenoxy) is 1. The van der Waals surface area contributed by atoms with Crippen LogP contribution in [0, 0.1) is 6.92 Å². The van der Waals surface area contributed by atoms with Crippen LogP contribution in [-0.2, 0) is 0 Å². The lowest BCUT2D eigenvalue weighted by atomic mass is 10.2. The summed E-state index contributed by atoms with van der Waals surface area (Å²) in [6.07, 6.45) is 2.72. The maximum Gasteiger partial charge on any atom is 0.171 e. The first kappa shape index (κ1) is 12.3. The van der Waals surface area contributed by atoms with Crippen LogP contribution in [0.15, 0.2) is 36.5 Å². The fourth-order valence-corrected chi connectivity index (χ4v) is 2.18. The zero-order chi connectivity index (χ0) is 14.1. The molecule has 100 valence electrons. The van der Waals surface area contributed by atoms with Gasteiger partial charge >= 0.3 is 0 Å². The molecule has 0 N–H and O–H groups in total. The number of hydrogen-bond donors (Lipinski definition) is 0.